The monoisotopic (exact) mass is 220 g/mol. The van der Waals surface area contributed by atoms with Gasteiger partial charge in [0.1, 0.15) is 0 Å². The van der Waals surface area contributed by atoms with E-state index in [1.165, 1.54) is 0 Å². The van der Waals surface area contributed by atoms with Crippen LogP contribution >= 0.6 is 0 Å². The van der Waals surface area contributed by atoms with Crippen LogP contribution < -0.4 is 10.6 Å². The average molecular weight is 220 g/mol. The Labute approximate surface area is 95.0 Å². The fourth-order valence-corrected chi connectivity index (χ4v) is 1.98. The summed E-state index contributed by atoms with van der Waals surface area (Å²) in [7, 11) is 0. The molecule has 1 aliphatic heterocycles. The van der Waals surface area contributed by atoms with E-state index in [0.717, 1.165) is 24.1 Å². The number of amides is 1. The van der Waals surface area contributed by atoms with Crippen molar-refractivity contribution in [3.05, 3.63) is 23.8 Å². The van der Waals surface area contributed by atoms with E-state index in [2.05, 4.69) is 0 Å². The predicted molar refractivity (Wildman–Crippen MR) is 63.5 cm³/mol. The maximum Gasteiger partial charge on any atom is 0.414 e. The molecule has 2 N–H and O–H groups in total. The number of nitrogens with two attached hydrogens (primary N) is 1. The Hall–Kier alpha value is -1.71. The molecule has 2 rings (SSSR count). The molecule has 4 heteroatoms. The van der Waals surface area contributed by atoms with Gasteiger partial charge in [0.05, 0.1) is 12.3 Å². The molecule has 1 aromatic rings. The first-order valence-electron chi connectivity index (χ1n) is 5.55. The molecular weight excluding hydrogens is 204 g/mol. The first-order chi connectivity index (χ1) is 7.72. The lowest BCUT2D eigenvalue weighted by atomic mass is 10.0. The van der Waals surface area contributed by atoms with Crippen molar-refractivity contribution in [2.24, 2.45) is 0 Å². The zero-order valence-corrected chi connectivity index (χ0v) is 9.40. The molecule has 0 saturated carbocycles. The standard InChI is InChI=1S/C12H16N2O2/c1-2-16-12(15)14-7-3-4-9-5-6-10(13)8-11(9)14/h5-6,8H,2-4,7,13H2,1H3. The number of carbonyl (C=O) groups is 1. The fourth-order valence-electron chi connectivity index (χ4n) is 1.98. The summed E-state index contributed by atoms with van der Waals surface area (Å²) >= 11 is 0. The van der Waals surface area contributed by atoms with Crippen LogP contribution in [0.2, 0.25) is 0 Å². The van der Waals surface area contributed by atoms with Crippen LogP contribution in [0.15, 0.2) is 18.2 Å². The van der Waals surface area contributed by atoms with Crippen molar-refractivity contribution in [1.82, 2.24) is 0 Å². The maximum atomic E-state index is 11.7. The summed E-state index contributed by atoms with van der Waals surface area (Å²) in [6.45, 7) is 2.91. The lowest BCUT2D eigenvalue weighted by Gasteiger charge is -2.28. The van der Waals surface area contributed by atoms with E-state index in [-0.39, 0.29) is 6.09 Å². The van der Waals surface area contributed by atoms with Gasteiger partial charge in [0, 0.05) is 12.2 Å². The highest BCUT2D eigenvalue weighted by atomic mass is 16.6. The van der Waals surface area contributed by atoms with Crippen molar-refractivity contribution < 1.29 is 9.53 Å². The molecule has 0 aliphatic carbocycles. The second kappa shape index (κ2) is 4.43. The predicted octanol–water partition coefficient (Wildman–Crippen LogP) is 2.18. The summed E-state index contributed by atoms with van der Waals surface area (Å²) < 4.78 is 5.02. The molecule has 0 radical (unpaired) electrons. The maximum absolute atomic E-state index is 11.7. The van der Waals surface area contributed by atoms with Crippen LogP contribution in [0.25, 0.3) is 0 Å². The average Bonchev–Trinajstić information content (AvgIpc) is 2.28. The molecule has 1 heterocycles. The lowest BCUT2D eigenvalue weighted by molar-refractivity contribution is 0.159. The van der Waals surface area contributed by atoms with Gasteiger partial charge in [-0.2, -0.15) is 0 Å². The third-order valence-electron chi connectivity index (χ3n) is 2.72. The summed E-state index contributed by atoms with van der Waals surface area (Å²) in [4.78, 5) is 13.4. The number of aryl methyl sites for hydroxylation is 1. The third-order valence-corrected chi connectivity index (χ3v) is 2.72. The second-order valence-electron chi connectivity index (χ2n) is 3.84. The number of nitrogens with zero attached hydrogens (tertiary/aromatic N) is 1. The Morgan fingerprint density at radius 3 is 3.12 bits per heavy atom. The molecule has 86 valence electrons. The van der Waals surface area contributed by atoms with Crippen LogP contribution in [0.5, 0.6) is 0 Å². The van der Waals surface area contributed by atoms with Crippen molar-refractivity contribution in [3.63, 3.8) is 0 Å². The van der Waals surface area contributed by atoms with Gasteiger partial charge in [0.2, 0.25) is 0 Å². The number of benzene rings is 1. The van der Waals surface area contributed by atoms with Gasteiger partial charge < -0.3 is 10.5 Å². The molecule has 16 heavy (non-hydrogen) atoms. The van der Waals surface area contributed by atoms with Crippen molar-refractivity contribution in [1.29, 1.82) is 0 Å². The molecule has 0 aromatic heterocycles. The lowest BCUT2D eigenvalue weighted by Crippen LogP contribution is -2.35. The molecule has 4 nitrogen and oxygen atoms in total. The Bertz CT molecular complexity index is 404. The topological polar surface area (TPSA) is 55.6 Å². The van der Waals surface area contributed by atoms with Crippen LogP contribution in [0, 0.1) is 0 Å². The SMILES string of the molecule is CCOC(=O)N1CCCc2ccc(N)cc21. The highest BCUT2D eigenvalue weighted by Crippen LogP contribution is 2.29. The number of hydrogen-bond donors (Lipinski definition) is 1. The van der Waals surface area contributed by atoms with E-state index in [0.29, 0.717) is 18.8 Å². The number of hydrogen-bond acceptors (Lipinski definition) is 3. The van der Waals surface area contributed by atoms with Crippen LogP contribution in [-0.4, -0.2) is 19.2 Å². The van der Waals surface area contributed by atoms with E-state index < -0.39 is 0 Å². The third kappa shape index (κ3) is 1.96. The molecule has 1 aliphatic rings. The van der Waals surface area contributed by atoms with Gasteiger partial charge in [-0.3, -0.25) is 4.90 Å². The van der Waals surface area contributed by atoms with Crippen LogP contribution in [0.1, 0.15) is 18.9 Å². The molecule has 0 unspecified atom stereocenters. The van der Waals surface area contributed by atoms with E-state index in [4.69, 9.17) is 10.5 Å². The van der Waals surface area contributed by atoms with Gasteiger partial charge in [-0.15, -0.1) is 0 Å². The normalized spacial score (nSPS) is 14.4. The minimum Gasteiger partial charge on any atom is -0.449 e. The van der Waals surface area contributed by atoms with Crippen molar-refractivity contribution in [2.75, 3.05) is 23.8 Å². The van der Waals surface area contributed by atoms with Gasteiger partial charge >= 0.3 is 6.09 Å². The number of nitrogen functional groups attached to an aromatic ring is 1. The molecule has 0 fully saturated rings. The Balaban J connectivity index is 2.31. The van der Waals surface area contributed by atoms with Gasteiger partial charge in [-0.1, -0.05) is 6.07 Å². The number of ether oxygens (including phenoxy) is 1. The van der Waals surface area contributed by atoms with E-state index in [1.54, 1.807) is 4.90 Å². The molecule has 0 saturated heterocycles. The van der Waals surface area contributed by atoms with Crippen LogP contribution in [0.3, 0.4) is 0 Å². The van der Waals surface area contributed by atoms with Gasteiger partial charge in [0.25, 0.3) is 0 Å². The van der Waals surface area contributed by atoms with E-state index in [1.807, 2.05) is 25.1 Å². The quantitative estimate of drug-likeness (QED) is 0.738. The largest absolute Gasteiger partial charge is 0.449 e. The second-order valence-corrected chi connectivity index (χ2v) is 3.84. The van der Waals surface area contributed by atoms with Gasteiger partial charge in [-0.25, -0.2) is 4.79 Å². The molecule has 1 aromatic carbocycles. The number of anilines is 2. The summed E-state index contributed by atoms with van der Waals surface area (Å²) in [5.74, 6) is 0. The highest BCUT2D eigenvalue weighted by molar-refractivity contribution is 5.90. The van der Waals surface area contributed by atoms with Crippen molar-refractivity contribution >= 4 is 17.5 Å². The molecular formula is C12H16N2O2. The summed E-state index contributed by atoms with van der Waals surface area (Å²) in [6, 6.07) is 5.69. The van der Waals surface area contributed by atoms with Crippen LogP contribution in [-0.2, 0) is 11.2 Å². The van der Waals surface area contributed by atoms with Crippen molar-refractivity contribution in [2.45, 2.75) is 19.8 Å². The smallest absolute Gasteiger partial charge is 0.414 e. The van der Waals surface area contributed by atoms with E-state index in [9.17, 15) is 4.79 Å². The summed E-state index contributed by atoms with van der Waals surface area (Å²) in [5, 5.41) is 0. The van der Waals surface area contributed by atoms with Crippen molar-refractivity contribution in [3.8, 4) is 0 Å². The van der Waals surface area contributed by atoms with Gasteiger partial charge in [-0.05, 0) is 37.5 Å². The zero-order chi connectivity index (χ0) is 11.5. The Morgan fingerprint density at radius 1 is 1.56 bits per heavy atom. The Kier molecular flexibility index (Phi) is 2.99. The number of fused-ring (bicyclic) bond motifs is 1. The molecule has 0 bridgehead atoms. The minimum atomic E-state index is -0.283. The highest BCUT2D eigenvalue weighted by Gasteiger charge is 2.23. The van der Waals surface area contributed by atoms with Gasteiger partial charge in [0.15, 0.2) is 0 Å². The summed E-state index contributed by atoms with van der Waals surface area (Å²) in [6.07, 6.45) is 1.68. The van der Waals surface area contributed by atoms with E-state index >= 15 is 0 Å². The summed E-state index contributed by atoms with van der Waals surface area (Å²) in [5.41, 5.74) is 8.47. The first-order valence-corrected chi connectivity index (χ1v) is 5.55. The molecule has 0 atom stereocenters. The first kappa shape index (κ1) is 10.8. The zero-order valence-electron chi connectivity index (χ0n) is 9.40. The fraction of sp³-hybridized carbons (Fsp3) is 0.417. The number of rotatable bonds is 1. The number of carbonyl (C=O) groups excluding carboxylic acids is 1. The minimum absolute atomic E-state index is 0.283. The Morgan fingerprint density at radius 2 is 2.38 bits per heavy atom. The molecule has 0 spiro atoms. The molecule has 1 amide bonds. The van der Waals surface area contributed by atoms with Crippen LogP contribution in [0.4, 0.5) is 16.2 Å².